The molecule has 2 rings (SSSR count). The highest BCUT2D eigenvalue weighted by atomic mass is 16.5. The Bertz CT molecular complexity index is 808. The summed E-state index contributed by atoms with van der Waals surface area (Å²) in [5, 5.41) is 18.8. The van der Waals surface area contributed by atoms with Crippen LogP contribution in [0.4, 0.5) is 0 Å². The number of hydrogen-bond donors (Lipinski definition) is 2. The smallest absolute Gasteiger partial charge is 0.347 e. The van der Waals surface area contributed by atoms with E-state index in [0.29, 0.717) is 12.6 Å². The van der Waals surface area contributed by atoms with Crippen LogP contribution < -0.4 is 4.74 Å². The predicted octanol–water partition coefficient (Wildman–Crippen LogP) is 1.93. The molecule has 0 aliphatic rings. The number of rotatable bonds is 5. The highest BCUT2D eigenvalue weighted by Crippen LogP contribution is 2.24. The van der Waals surface area contributed by atoms with E-state index in [4.69, 9.17) is 9.84 Å². The first-order valence-electron chi connectivity index (χ1n) is 6.29. The first-order chi connectivity index (χ1) is 11.0. The molecule has 0 atom stereocenters. The van der Waals surface area contributed by atoms with Crippen LogP contribution in [0.25, 0.3) is 0 Å². The van der Waals surface area contributed by atoms with Crippen LogP contribution in [0.2, 0.25) is 0 Å². The number of ether oxygens (including phenoxy) is 1. The number of benzene rings is 2. The molecule has 0 aromatic heterocycles. The monoisotopic (exact) mass is 314 g/mol. The zero-order valence-electron chi connectivity index (χ0n) is 11.6. The van der Waals surface area contributed by atoms with Crippen molar-refractivity contribution < 1.29 is 34.1 Å². The molecule has 0 fully saturated rings. The van der Waals surface area contributed by atoms with Crippen molar-refractivity contribution in [2.24, 2.45) is 0 Å². The topological polar surface area (TPSA) is 118 Å². The van der Waals surface area contributed by atoms with E-state index in [9.17, 15) is 24.3 Å². The van der Waals surface area contributed by atoms with Crippen molar-refractivity contribution in [3.05, 3.63) is 58.7 Å². The number of carboxylic acids is 1. The van der Waals surface area contributed by atoms with Crippen molar-refractivity contribution in [2.45, 2.75) is 0 Å². The fraction of sp³-hybridized carbons (Fsp3) is 0. The van der Waals surface area contributed by atoms with Crippen molar-refractivity contribution in [1.82, 2.24) is 0 Å². The minimum Gasteiger partial charge on any atom is -0.507 e. The maximum absolute atomic E-state index is 12.1. The minimum atomic E-state index is -1.39. The van der Waals surface area contributed by atoms with Crippen molar-refractivity contribution in [1.29, 1.82) is 0 Å². The standard InChI is InChI=1S/C16H10O7/c17-7-9-1-3-13(19)11(5-9)16(22)23-14-4-2-10(8-18)6-12(14)15(20)21/h1-8,19H,(H,20,21). The SMILES string of the molecule is O=Cc1ccc(O)c(C(=O)Oc2ccc(C=O)cc2C(=O)O)c1. The Morgan fingerprint density at radius 3 is 2.04 bits per heavy atom. The van der Waals surface area contributed by atoms with Crippen LogP contribution in [0.3, 0.4) is 0 Å². The van der Waals surface area contributed by atoms with Gasteiger partial charge >= 0.3 is 11.9 Å². The van der Waals surface area contributed by atoms with Gasteiger partial charge in [0, 0.05) is 11.1 Å². The molecule has 7 nitrogen and oxygen atoms in total. The molecule has 0 unspecified atom stereocenters. The lowest BCUT2D eigenvalue weighted by molar-refractivity contribution is 0.0681. The van der Waals surface area contributed by atoms with Gasteiger partial charge in [-0.1, -0.05) is 0 Å². The Morgan fingerprint density at radius 2 is 1.48 bits per heavy atom. The van der Waals surface area contributed by atoms with E-state index in [1.807, 2.05) is 0 Å². The Labute approximate surface area is 129 Å². The number of carboxylic acid groups (broad SMARTS) is 1. The molecule has 0 radical (unpaired) electrons. The van der Waals surface area contributed by atoms with Gasteiger partial charge in [0.15, 0.2) is 0 Å². The summed E-state index contributed by atoms with van der Waals surface area (Å²) in [6.45, 7) is 0. The van der Waals surface area contributed by atoms with Crippen LogP contribution in [-0.4, -0.2) is 34.7 Å². The summed E-state index contributed by atoms with van der Waals surface area (Å²) in [6, 6.07) is 7.06. The van der Waals surface area contributed by atoms with Gasteiger partial charge in [-0.3, -0.25) is 9.59 Å². The second-order valence-corrected chi connectivity index (χ2v) is 4.46. The lowest BCUT2D eigenvalue weighted by atomic mass is 10.1. The summed E-state index contributed by atoms with van der Waals surface area (Å²) in [5.74, 6) is -3.12. The number of aldehydes is 2. The van der Waals surface area contributed by atoms with Gasteiger partial charge in [0.1, 0.15) is 35.2 Å². The summed E-state index contributed by atoms with van der Waals surface area (Å²) in [6.07, 6.45) is 0.940. The molecule has 2 aromatic rings. The molecule has 7 heteroatoms. The van der Waals surface area contributed by atoms with Gasteiger partial charge < -0.3 is 14.9 Å². The van der Waals surface area contributed by atoms with E-state index in [2.05, 4.69) is 0 Å². The predicted molar refractivity (Wildman–Crippen MR) is 77.2 cm³/mol. The number of hydrogen-bond acceptors (Lipinski definition) is 6. The fourth-order valence-electron chi connectivity index (χ4n) is 1.82. The van der Waals surface area contributed by atoms with Gasteiger partial charge in [-0.05, 0) is 36.4 Å². The summed E-state index contributed by atoms with van der Waals surface area (Å²) in [4.78, 5) is 44.6. The van der Waals surface area contributed by atoms with Crippen LogP contribution in [0.15, 0.2) is 36.4 Å². The lowest BCUT2D eigenvalue weighted by Gasteiger charge is -2.09. The zero-order valence-corrected chi connectivity index (χ0v) is 11.6. The quantitative estimate of drug-likeness (QED) is 0.492. The molecular weight excluding hydrogens is 304 g/mol. The molecule has 0 saturated carbocycles. The number of carbonyl (C=O) groups excluding carboxylic acids is 3. The number of phenols is 1. The first kappa shape index (κ1) is 15.9. The Kier molecular flexibility index (Phi) is 4.51. The highest BCUT2D eigenvalue weighted by molar-refractivity contribution is 5.98. The van der Waals surface area contributed by atoms with Crippen molar-refractivity contribution in [3.63, 3.8) is 0 Å². The maximum atomic E-state index is 12.1. The third kappa shape index (κ3) is 3.41. The van der Waals surface area contributed by atoms with Crippen LogP contribution in [0, 0.1) is 0 Å². The van der Waals surface area contributed by atoms with Gasteiger partial charge in [-0.15, -0.1) is 0 Å². The highest BCUT2D eigenvalue weighted by Gasteiger charge is 2.19. The van der Waals surface area contributed by atoms with Crippen LogP contribution in [0.1, 0.15) is 41.4 Å². The van der Waals surface area contributed by atoms with E-state index in [1.54, 1.807) is 0 Å². The fourth-order valence-corrected chi connectivity index (χ4v) is 1.82. The number of aromatic hydroxyl groups is 1. The van der Waals surface area contributed by atoms with Gasteiger partial charge in [-0.25, -0.2) is 9.59 Å². The summed E-state index contributed by atoms with van der Waals surface area (Å²) < 4.78 is 4.96. The van der Waals surface area contributed by atoms with Crippen molar-refractivity contribution in [2.75, 3.05) is 0 Å². The molecule has 0 amide bonds. The van der Waals surface area contributed by atoms with Crippen LogP contribution >= 0.6 is 0 Å². The molecule has 0 bridgehead atoms. The average Bonchev–Trinajstić information content (AvgIpc) is 2.55. The van der Waals surface area contributed by atoms with E-state index < -0.39 is 17.7 Å². The van der Waals surface area contributed by atoms with Crippen molar-refractivity contribution >= 4 is 24.5 Å². The van der Waals surface area contributed by atoms with Gasteiger partial charge in [0.05, 0.1) is 0 Å². The first-order valence-corrected chi connectivity index (χ1v) is 6.29. The zero-order chi connectivity index (χ0) is 17.0. The number of carbonyl (C=O) groups is 4. The molecule has 0 aliphatic heterocycles. The van der Waals surface area contributed by atoms with Gasteiger partial charge in [0.2, 0.25) is 0 Å². The average molecular weight is 314 g/mol. The van der Waals surface area contributed by atoms with Crippen molar-refractivity contribution in [3.8, 4) is 11.5 Å². The third-order valence-electron chi connectivity index (χ3n) is 2.95. The summed E-state index contributed by atoms with van der Waals surface area (Å²) in [5.41, 5.74) is -0.420. The number of aromatic carboxylic acids is 1. The molecule has 23 heavy (non-hydrogen) atoms. The maximum Gasteiger partial charge on any atom is 0.347 e. The summed E-state index contributed by atoms with van der Waals surface area (Å²) >= 11 is 0. The van der Waals surface area contributed by atoms with E-state index in [0.717, 1.165) is 24.3 Å². The van der Waals surface area contributed by atoms with Gasteiger partial charge in [0.25, 0.3) is 0 Å². The lowest BCUT2D eigenvalue weighted by Crippen LogP contribution is -2.12. The second-order valence-electron chi connectivity index (χ2n) is 4.46. The Hall–Kier alpha value is -3.48. The van der Waals surface area contributed by atoms with Crippen LogP contribution in [0.5, 0.6) is 11.5 Å². The molecule has 2 aromatic carbocycles. The Morgan fingerprint density at radius 1 is 0.913 bits per heavy atom. The van der Waals surface area contributed by atoms with E-state index >= 15 is 0 Å². The van der Waals surface area contributed by atoms with E-state index in [-0.39, 0.29) is 28.0 Å². The number of esters is 1. The molecule has 0 saturated heterocycles. The molecule has 116 valence electrons. The molecular formula is C16H10O7. The Balaban J connectivity index is 2.39. The third-order valence-corrected chi connectivity index (χ3v) is 2.95. The molecule has 0 aliphatic carbocycles. The number of phenolic OH excluding ortho intramolecular Hbond substituents is 1. The van der Waals surface area contributed by atoms with Gasteiger partial charge in [-0.2, -0.15) is 0 Å². The summed E-state index contributed by atoms with van der Waals surface area (Å²) in [7, 11) is 0. The largest absolute Gasteiger partial charge is 0.507 e. The second kappa shape index (κ2) is 6.52. The molecule has 2 N–H and O–H groups in total. The molecule has 0 spiro atoms. The van der Waals surface area contributed by atoms with Crippen LogP contribution in [-0.2, 0) is 0 Å². The van der Waals surface area contributed by atoms with E-state index in [1.165, 1.54) is 12.1 Å². The minimum absolute atomic E-state index is 0.105. The molecule has 0 heterocycles. The normalized spacial score (nSPS) is 9.91.